The molecule has 0 aromatic heterocycles. The van der Waals surface area contributed by atoms with E-state index in [1.54, 1.807) is 0 Å². The zero-order chi connectivity index (χ0) is 12.3. The molecule has 1 N–H and O–H groups in total. The SMILES string of the molecule is CC1CCC(N(CCO)C2CCCC2)CC1C. The van der Waals surface area contributed by atoms with Crippen LogP contribution in [0.15, 0.2) is 0 Å². The van der Waals surface area contributed by atoms with Crippen LogP contribution >= 0.6 is 0 Å². The molecular weight excluding hydrogens is 210 g/mol. The molecule has 0 radical (unpaired) electrons. The fourth-order valence-corrected chi connectivity index (χ4v) is 3.83. The molecule has 0 spiro atoms. The van der Waals surface area contributed by atoms with Gasteiger partial charge in [0.1, 0.15) is 0 Å². The number of rotatable bonds is 4. The molecule has 2 heteroatoms. The summed E-state index contributed by atoms with van der Waals surface area (Å²) in [6.07, 6.45) is 9.58. The van der Waals surface area contributed by atoms with E-state index in [4.69, 9.17) is 0 Å². The predicted octanol–water partition coefficient (Wildman–Crippen LogP) is 3.05. The molecule has 2 nitrogen and oxygen atoms in total. The smallest absolute Gasteiger partial charge is 0.0558 e. The van der Waals surface area contributed by atoms with Gasteiger partial charge in [-0.05, 0) is 43.9 Å². The van der Waals surface area contributed by atoms with Gasteiger partial charge in [-0.3, -0.25) is 4.90 Å². The van der Waals surface area contributed by atoms with Crippen LogP contribution in [0, 0.1) is 11.8 Å². The fraction of sp³-hybridized carbons (Fsp3) is 1.00. The van der Waals surface area contributed by atoms with E-state index in [0.717, 1.165) is 30.5 Å². The molecule has 0 heterocycles. The predicted molar refractivity (Wildman–Crippen MR) is 72.0 cm³/mol. The van der Waals surface area contributed by atoms with Crippen molar-refractivity contribution in [2.45, 2.75) is 70.9 Å². The van der Waals surface area contributed by atoms with Gasteiger partial charge in [0.15, 0.2) is 0 Å². The molecule has 100 valence electrons. The molecule has 2 saturated carbocycles. The quantitative estimate of drug-likeness (QED) is 0.815. The third-order valence-electron chi connectivity index (χ3n) is 5.19. The second-order valence-corrected chi connectivity index (χ2v) is 6.32. The number of aliphatic hydroxyl groups is 1. The summed E-state index contributed by atoms with van der Waals surface area (Å²) in [5.74, 6) is 1.75. The molecule has 2 fully saturated rings. The van der Waals surface area contributed by atoms with Gasteiger partial charge in [0, 0.05) is 18.6 Å². The number of hydrogen-bond acceptors (Lipinski definition) is 2. The van der Waals surface area contributed by atoms with Crippen molar-refractivity contribution in [3.05, 3.63) is 0 Å². The highest BCUT2D eigenvalue weighted by Crippen LogP contribution is 2.35. The lowest BCUT2D eigenvalue weighted by molar-refractivity contribution is 0.0567. The van der Waals surface area contributed by atoms with Crippen LogP contribution in [0.3, 0.4) is 0 Å². The molecule has 0 aromatic rings. The van der Waals surface area contributed by atoms with Gasteiger partial charge < -0.3 is 5.11 Å². The average Bonchev–Trinajstić information content (AvgIpc) is 2.83. The zero-order valence-electron chi connectivity index (χ0n) is 11.6. The Hall–Kier alpha value is -0.0800. The van der Waals surface area contributed by atoms with Crippen LogP contribution in [0.25, 0.3) is 0 Å². The third-order valence-corrected chi connectivity index (χ3v) is 5.19. The Labute approximate surface area is 106 Å². The number of aliphatic hydroxyl groups excluding tert-OH is 1. The first-order chi connectivity index (χ1) is 8.22. The van der Waals surface area contributed by atoms with Crippen molar-refractivity contribution in [1.82, 2.24) is 4.90 Å². The normalized spacial score (nSPS) is 35.6. The van der Waals surface area contributed by atoms with E-state index < -0.39 is 0 Å². The van der Waals surface area contributed by atoms with Gasteiger partial charge >= 0.3 is 0 Å². The molecule has 0 bridgehead atoms. The van der Waals surface area contributed by atoms with Crippen LogP contribution in [0.2, 0.25) is 0 Å². The van der Waals surface area contributed by atoms with E-state index in [-0.39, 0.29) is 0 Å². The van der Waals surface area contributed by atoms with Crippen molar-refractivity contribution in [2.24, 2.45) is 11.8 Å². The number of hydrogen-bond donors (Lipinski definition) is 1. The summed E-state index contributed by atoms with van der Waals surface area (Å²) in [5.41, 5.74) is 0. The minimum Gasteiger partial charge on any atom is -0.395 e. The maximum absolute atomic E-state index is 9.30. The number of nitrogens with zero attached hydrogens (tertiary/aromatic N) is 1. The maximum atomic E-state index is 9.30. The van der Waals surface area contributed by atoms with Crippen LogP contribution in [0.4, 0.5) is 0 Å². The van der Waals surface area contributed by atoms with E-state index in [2.05, 4.69) is 18.7 Å². The molecule has 2 aliphatic carbocycles. The van der Waals surface area contributed by atoms with Crippen LogP contribution in [0.1, 0.15) is 58.8 Å². The lowest BCUT2D eigenvalue weighted by Crippen LogP contribution is -2.46. The van der Waals surface area contributed by atoms with Crippen molar-refractivity contribution in [3.8, 4) is 0 Å². The van der Waals surface area contributed by atoms with Gasteiger partial charge in [-0.1, -0.05) is 26.7 Å². The summed E-state index contributed by atoms with van der Waals surface area (Å²) in [6.45, 7) is 6.03. The lowest BCUT2D eigenvalue weighted by atomic mass is 9.78. The zero-order valence-corrected chi connectivity index (χ0v) is 11.6. The summed E-state index contributed by atoms with van der Waals surface area (Å²) >= 11 is 0. The molecule has 17 heavy (non-hydrogen) atoms. The van der Waals surface area contributed by atoms with Crippen LogP contribution < -0.4 is 0 Å². The Kier molecular flexibility index (Phi) is 4.87. The van der Waals surface area contributed by atoms with Crippen molar-refractivity contribution < 1.29 is 5.11 Å². The molecular formula is C15H29NO. The van der Waals surface area contributed by atoms with E-state index in [0.29, 0.717) is 6.61 Å². The first kappa shape index (κ1) is 13.4. The fourth-order valence-electron chi connectivity index (χ4n) is 3.83. The third kappa shape index (κ3) is 3.23. The molecule has 0 aliphatic heterocycles. The first-order valence-corrected chi connectivity index (χ1v) is 7.59. The topological polar surface area (TPSA) is 23.5 Å². The molecule has 0 aromatic carbocycles. The Bertz CT molecular complexity index is 225. The summed E-state index contributed by atoms with van der Waals surface area (Å²) in [4.78, 5) is 2.65. The lowest BCUT2D eigenvalue weighted by Gasteiger charge is -2.42. The molecule has 0 saturated heterocycles. The Morgan fingerprint density at radius 2 is 1.65 bits per heavy atom. The maximum Gasteiger partial charge on any atom is 0.0558 e. The molecule has 2 aliphatic rings. The Morgan fingerprint density at radius 3 is 2.24 bits per heavy atom. The van der Waals surface area contributed by atoms with E-state index in [1.165, 1.54) is 44.9 Å². The minimum atomic E-state index is 0.330. The summed E-state index contributed by atoms with van der Waals surface area (Å²) < 4.78 is 0. The highest BCUT2D eigenvalue weighted by Gasteiger charge is 2.32. The van der Waals surface area contributed by atoms with Crippen LogP contribution in [0.5, 0.6) is 0 Å². The minimum absolute atomic E-state index is 0.330. The Morgan fingerprint density at radius 1 is 0.941 bits per heavy atom. The van der Waals surface area contributed by atoms with E-state index in [9.17, 15) is 5.11 Å². The Balaban J connectivity index is 1.95. The highest BCUT2D eigenvalue weighted by molar-refractivity contribution is 4.87. The van der Waals surface area contributed by atoms with Gasteiger partial charge in [0.2, 0.25) is 0 Å². The van der Waals surface area contributed by atoms with Crippen LogP contribution in [-0.2, 0) is 0 Å². The summed E-state index contributed by atoms with van der Waals surface area (Å²) in [6, 6.07) is 1.52. The van der Waals surface area contributed by atoms with Gasteiger partial charge in [0.25, 0.3) is 0 Å². The summed E-state index contributed by atoms with van der Waals surface area (Å²) in [5, 5.41) is 9.30. The molecule has 3 unspecified atom stereocenters. The monoisotopic (exact) mass is 239 g/mol. The van der Waals surface area contributed by atoms with Crippen LogP contribution in [-0.4, -0.2) is 35.2 Å². The molecule has 2 rings (SSSR count). The van der Waals surface area contributed by atoms with E-state index >= 15 is 0 Å². The standard InChI is InChI=1S/C15H29NO/c1-12-7-8-15(11-13(12)2)16(9-10-17)14-5-3-4-6-14/h12-15,17H,3-11H2,1-2H3. The first-order valence-electron chi connectivity index (χ1n) is 7.59. The van der Waals surface area contributed by atoms with Crippen molar-refractivity contribution in [2.75, 3.05) is 13.2 Å². The summed E-state index contributed by atoms with van der Waals surface area (Å²) in [7, 11) is 0. The van der Waals surface area contributed by atoms with Gasteiger partial charge in [-0.25, -0.2) is 0 Å². The van der Waals surface area contributed by atoms with Crippen molar-refractivity contribution in [3.63, 3.8) is 0 Å². The molecule has 0 amide bonds. The average molecular weight is 239 g/mol. The second kappa shape index (κ2) is 6.19. The molecule has 3 atom stereocenters. The second-order valence-electron chi connectivity index (χ2n) is 6.32. The van der Waals surface area contributed by atoms with Crippen molar-refractivity contribution in [1.29, 1.82) is 0 Å². The highest BCUT2D eigenvalue weighted by atomic mass is 16.3. The van der Waals surface area contributed by atoms with Gasteiger partial charge in [-0.2, -0.15) is 0 Å². The van der Waals surface area contributed by atoms with E-state index in [1.807, 2.05) is 0 Å². The largest absolute Gasteiger partial charge is 0.395 e. The van der Waals surface area contributed by atoms with Gasteiger partial charge in [-0.15, -0.1) is 0 Å². The van der Waals surface area contributed by atoms with Gasteiger partial charge in [0.05, 0.1) is 6.61 Å². The van der Waals surface area contributed by atoms with Crippen molar-refractivity contribution >= 4 is 0 Å².